The maximum atomic E-state index is 12.5. The lowest BCUT2D eigenvalue weighted by Gasteiger charge is -2.33. The Kier molecular flexibility index (Phi) is 6.97. The Balaban J connectivity index is 0.00000176. The van der Waals surface area contributed by atoms with E-state index >= 15 is 0 Å². The largest absolute Gasteiger partial charge is 0.378 e. The highest BCUT2D eigenvalue weighted by atomic mass is 35.5. The van der Waals surface area contributed by atoms with Crippen molar-refractivity contribution in [1.29, 1.82) is 0 Å². The first-order valence-electron chi connectivity index (χ1n) is 8.85. The summed E-state index contributed by atoms with van der Waals surface area (Å²) in [4.78, 5) is 14.5. The molecule has 22 heavy (non-hydrogen) atoms. The Morgan fingerprint density at radius 3 is 2.50 bits per heavy atom. The van der Waals surface area contributed by atoms with Gasteiger partial charge in [-0.05, 0) is 62.8 Å². The fraction of sp³-hybridized carbons (Fsp3) is 0.941. The van der Waals surface area contributed by atoms with Gasteiger partial charge in [0.05, 0.1) is 6.10 Å². The number of halogens is 1. The van der Waals surface area contributed by atoms with Gasteiger partial charge >= 0.3 is 0 Å². The molecule has 1 amide bonds. The van der Waals surface area contributed by atoms with E-state index in [0.29, 0.717) is 24.5 Å². The molecule has 128 valence electrons. The number of ether oxygens (including phenoxy) is 1. The summed E-state index contributed by atoms with van der Waals surface area (Å²) in [5, 5.41) is 0. The number of fused-ring (bicyclic) bond motifs is 2. The predicted octanol–water partition coefficient (Wildman–Crippen LogP) is 2.59. The van der Waals surface area contributed by atoms with Crippen LogP contribution in [0.1, 0.15) is 51.4 Å². The van der Waals surface area contributed by atoms with E-state index in [1.165, 1.54) is 25.7 Å². The van der Waals surface area contributed by atoms with E-state index in [2.05, 4.69) is 4.90 Å². The standard InChI is InChI=1S/C17H30N2O2.ClH/c18-6-1-9-21-16-4-7-19(8-5-16)17(20)12-15-11-13-2-3-14(15)10-13;/h13-16H,1-12,18H2;1H. The second-order valence-electron chi connectivity index (χ2n) is 7.23. The molecule has 0 aromatic rings. The van der Waals surface area contributed by atoms with Crippen LogP contribution in [-0.2, 0) is 9.53 Å². The zero-order valence-electron chi connectivity index (χ0n) is 13.5. The number of nitrogens with zero attached hydrogens (tertiary/aromatic N) is 1. The Bertz CT molecular complexity index is 359. The Morgan fingerprint density at radius 2 is 1.91 bits per heavy atom. The molecule has 1 saturated heterocycles. The van der Waals surface area contributed by atoms with Gasteiger partial charge in [-0.1, -0.05) is 6.42 Å². The summed E-state index contributed by atoms with van der Waals surface area (Å²) in [6.45, 7) is 3.22. The third-order valence-corrected chi connectivity index (χ3v) is 5.82. The molecular weight excluding hydrogens is 300 g/mol. The van der Waals surface area contributed by atoms with Gasteiger partial charge in [0.25, 0.3) is 0 Å². The van der Waals surface area contributed by atoms with Crippen molar-refractivity contribution in [2.24, 2.45) is 23.5 Å². The van der Waals surface area contributed by atoms with Crippen LogP contribution in [0.25, 0.3) is 0 Å². The van der Waals surface area contributed by atoms with Crippen molar-refractivity contribution in [3.05, 3.63) is 0 Å². The van der Waals surface area contributed by atoms with Crippen LogP contribution >= 0.6 is 12.4 Å². The molecule has 2 N–H and O–H groups in total. The molecule has 2 bridgehead atoms. The normalized spacial score (nSPS) is 31.3. The summed E-state index contributed by atoms with van der Waals surface area (Å²) in [6.07, 6.45) is 9.57. The number of carbonyl (C=O) groups is 1. The first-order valence-corrected chi connectivity index (χ1v) is 8.85. The summed E-state index contributed by atoms with van der Waals surface area (Å²) < 4.78 is 5.81. The topological polar surface area (TPSA) is 55.6 Å². The lowest BCUT2D eigenvalue weighted by atomic mass is 9.86. The average molecular weight is 331 g/mol. The van der Waals surface area contributed by atoms with E-state index in [-0.39, 0.29) is 12.4 Å². The number of piperidine rings is 1. The number of likely N-dealkylation sites (tertiary alicyclic amines) is 1. The van der Waals surface area contributed by atoms with E-state index < -0.39 is 0 Å². The molecule has 0 aromatic carbocycles. The smallest absolute Gasteiger partial charge is 0.222 e. The third kappa shape index (κ3) is 4.36. The molecule has 2 aliphatic carbocycles. The maximum absolute atomic E-state index is 12.5. The van der Waals surface area contributed by atoms with Crippen LogP contribution in [0.3, 0.4) is 0 Å². The highest BCUT2D eigenvalue weighted by Gasteiger charge is 2.40. The van der Waals surface area contributed by atoms with Crippen molar-refractivity contribution in [3.63, 3.8) is 0 Å². The lowest BCUT2D eigenvalue weighted by molar-refractivity contribution is -0.135. The monoisotopic (exact) mass is 330 g/mol. The SMILES string of the molecule is Cl.NCCCOC1CCN(C(=O)CC2CC3CCC2C3)CC1. The van der Waals surface area contributed by atoms with Crippen LogP contribution in [0, 0.1) is 17.8 Å². The van der Waals surface area contributed by atoms with Crippen molar-refractivity contribution in [3.8, 4) is 0 Å². The summed E-state index contributed by atoms with van der Waals surface area (Å²) in [5.41, 5.74) is 5.48. The minimum atomic E-state index is 0. The van der Waals surface area contributed by atoms with Gasteiger partial charge in [0.2, 0.25) is 5.91 Å². The summed E-state index contributed by atoms with van der Waals surface area (Å²) in [7, 11) is 0. The van der Waals surface area contributed by atoms with Gasteiger partial charge in [-0.3, -0.25) is 4.79 Å². The second kappa shape index (κ2) is 8.51. The van der Waals surface area contributed by atoms with Crippen LogP contribution in [0.5, 0.6) is 0 Å². The predicted molar refractivity (Wildman–Crippen MR) is 90.0 cm³/mol. The molecule has 0 aromatic heterocycles. The van der Waals surface area contributed by atoms with Crippen LogP contribution in [0.4, 0.5) is 0 Å². The minimum absolute atomic E-state index is 0. The van der Waals surface area contributed by atoms with Crippen LogP contribution in [-0.4, -0.2) is 43.2 Å². The van der Waals surface area contributed by atoms with Gasteiger partial charge in [-0.25, -0.2) is 0 Å². The van der Waals surface area contributed by atoms with Crippen molar-refractivity contribution >= 4 is 18.3 Å². The van der Waals surface area contributed by atoms with Crippen LogP contribution in [0.15, 0.2) is 0 Å². The molecule has 4 nitrogen and oxygen atoms in total. The molecule has 1 heterocycles. The van der Waals surface area contributed by atoms with Gasteiger partial charge in [0, 0.05) is 26.1 Å². The molecule has 3 atom stereocenters. The zero-order chi connectivity index (χ0) is 14.7. The van der Waals surface area contributed by atoms with Gasteiger partial charge in [-0.2, -0.15) is 0 Å². The van der Waals surface area contributed by atoms with E-state index in [1.807, 2.05) is 0 Å². The molecule has 1 aliphatic heterocycles. The second-order valence-corrected chi connectivity index (χ2v) is 7.23. The quantitative estimate of drug-likeness (QED) is 0.762. The third-order valence-electron chi connectivity index (χ3n) is 5.82. The Hall–Kier alpha value is -0.320. The first kappa shape index (κ1) is 18.0. The first-order chi connectivity index (χ1) is 10.3. The number of carbonyl (C=O) groups excluding carboxylic acids is 1. The Labute approximate surface area is 140 Å². The van der Waals surface area contributed by atoms with Gasteiger partial charge in [-0.15, -0.1) is 12.4 Å². The minimum Gasteiger partial charge on any atom is -0.378 e. The van der Waals surface area contributed by atoms with Crippen LogP contribution < -0.4 is 5.73 Å². The van der Waals surface area contributed by atoms with E-state index in [4.69, 9.17) is 10.5 Å². The number of rotatable bonds is 6. The van der Waals surface area contributed by atoms with Crippen molar-refractivity contribution < 1.29 is 9.53 Å². The highest BCUT2D eigenvalue weighted by Crippen LogP contribution is 2.49. The van der Waals surface area contributed by atoms with Crippen molar-refractivity contribution in [2.45, 2.75) is 57.5 Å². The van der Waals surface area contributed by atoms with Gasteiger partial charge in [0.15, 0.2) is 0 Å². The number of amides is 1. The molecular formula is C17H31ClN2O2. The number of hydrogen-bond acceptors (Lipinski definition) is 3. The summed E-state index contributed by atoms with van der Waals surface area (Å²) in [5.74, 6) is 2.88. The Morgan fingerprint density at radius 1 is 1.14 bits per heavy atom. The summed E-state index contributed by atoms with van der Waals surface area (Å²) >= 11 is 0. The molecule has 0 radical (unpaired) electrons. The molecule has 3 rings (SSSR count). The van der Waals surface area contributed by atoms with E-state index in [0.717, 1.165) is 57.2 Å². The van der Waals surface area contributed by atoms with Crippen molar-refractivity contribution in [1.82, 2.24) is 4.90 Å². The molecule has 2 saturated carbocycles. The van der Waals surface area contributed by atoms with E-state index in [1.54, 1.807) is 0 Å². The fourth-order valence-electron chi connectivity index (χ4n) is 4.59. The fourth-order valence-corrected chi connectivity index (χ4v) is 4.59. The van der Waals surface area contributed by atoms with Crippen molar-refractivity contribution in [2.75, 3.05) is 26.2 Å². The van der Waals surface area contributed by atoms with Gasteiger partial charge in [0.1, 0.15) is 0 Å². The molecule has 3 unspecified atom stereocenters. The molecule has 0 spiro atoms. The molecule has 3 aliphatic rings. The maximum Gasteiger partial charge on any atom is 0.222 e. The highest BCUT2D eigenvalue weighted by molar-refractivity contribution is 5.85. The molecule has 3 fully saturated rings. The lowest BCUT2D eigenvalue weighted by Crippen LogP contribution is -2.41. The summed E-state index contributed by atoms with van der Waals surface area (Å²) in [6, 6.07) is 0. The number of hydrogen-bond donors (Lipinski definition) is 1. The van der Waals surface area contributed by atoms with E-state index in [9.17, 15) is 4.79 Å². The zero-order valence-corrected chi connectivity index (χ0v) is 14.4. The average Bonchev–Trinajstić information content (AvgIpc) is 3.11. The van der Waals surface area contributed by atoms with Gasteiger partial charge < -0.3 is 15.4 Å². The number of nitrogens with two attached hydrogens (primary N) is 1. The molecule has 5 heteroatoms. The van der Waals surface area contributed by atoms with Crippen LogP contribution in [0.2, 0.25) is 0 Å².